The lowest BCUT2D eigenvalue weighted by Gasteiger charge is -2.11. The van der Waals surface area contributed by atoms with Crippen molar-refractivity contribution in [3.8, 4) is 6.01 Å². The maximum Gasteiger partial charge on any atom is 0.323 e. The Bertz CT molecular complexity index is 347. The molecule has 0 aliphatic rings. The molecule has 0 spiro atoms. The van der Waals surface area contributed by atoms with Crippen molar-refractivity contribution in [2.24, 2.45) is 0 Å². The zero-order valence-corrected chi connectivity index (χ0v) is 10.4. The summed E-state index contributed by atoms with van der Waals surface area (Å²) in [7, 11) is 1.72. The molecule has 0 saturated carbocycles. The molecule has 96 valence electrons. The standard InChI is InChI=1S/C10H19N5O2/c1-4-7(16)6-12-9-13-8(11-3)14-10(15-9)17-5-2/h7,16H,4-6H2,1-3H3,(H2,11,12,13,14,15). The Morgan fingerprint density at radius 2 is 1.94 bits per heavy atom. The summed E-state index contributed by atoms with van der Waals surface area (Å²) in [4.78, 5) is 12.2. The predicted octanol–water partition coefficient (Wildman–Crippen LogP) is 0.495. The summed E-state index contributed by atoms with van der Waals surface area (Å²) < 4.78 is 5.22. The maximum absolute atomic E-state index is 9.44. The Hall–Kier alpha value is -1.63. The van der Waals surface area contributed by atoms with Crippen LogP contribution in [0.25, 0.3) is 0 Å². The first kappa shape index (κ1) is 13.4. The smallest absolute Gasteiger partial charge is 0.323 e. The summed E-state index contributed by atoms with van der Waals surface area (Å²) in [5, 5.41) is 15.2. The third-order valence-electron chi connectivity index (χ3n) is 2.08. The molecule has 17 heavy (non-hydrogen) atoms. The summed E-state index contributed by atoms with van der Waals surface area (Å²) in [6, 6.07) is 0.264. The fourth-order valence-electron chi connectivity index (χ4n) is 1.09. The molecule has 0 fully saturated rings. The molecule has 0 aliphatic heterocycles. The highest BCUT2D eigenvalue weighted by molar-refractivity contribution is 5.35. The maximum atomic E-state index is 9.44. The first-order valence-electron chi connectivity index (χ1n) is 5.68. The summed E-state index contributed by atoms with van der Waals surface area (Å²) in [5.41, 5.74) is 0. The number of aliphatic hydroxyl groups is 1. The fourth-order valence-corrected chi connectivity index (χ4v) is 1.09. The van der Waals surface area contributed by atoms with E-state index in [1.165, 1.54) is 0 Å². The van der Waals surface area contributed by atoms with Gasteiger partial charge in [0.1, 0.15) is 0 Å². The molecule has 7 nitrogen and oxygen atoms in total. The largest absolute Gasteiger partial charge is 0.464 e. The highest BCUT2D eigenvalue weighted by Gasteiger charge is 2.07. The van der Waals surface area contributed by atoms with Crippen LogP contribution < -0.4 is 15.4 Å². The average Bonchev–Trinajstić information content (AvgIpc) is 2.36. The summed E-state index contributed by atoms with van der Waals surface area (Å²) in [6.45, 7) is 4.65. The molecule has 1 rings (SSSR count). The number of nitrogens with zero attached hydrogens (tertiary/aromatic N) is 3. The molecule has 0 aliphatic carbocycles. The second-order valence-corrected chi connectivity index (χ2v) is 3.39. The van der Waals surface area contributed by atoms with Crippen molar-refractivity contribution in [3.63, 3.8) is 0 Å². The van der Waals surface area contributed by atoms with Gasteiger partial charge in [-0.3, -0.25) is 0 Å². The molecule has 1 unspecified atom stereocenters. The minimum atomic E-state index is -0.416. The fraction of sp³-hybridized carbons (Fsp3) is 0.700. The van der Waals surface area contributed by atoms with E-state index in [0.717, 1.165) is 0 Å². The number of anilines is 2. The lowest BCUT2D eigenvalue weighted by Crippen LogP contribution is -2.20. The van der Waals surface area contributed by atoms with E-state index in [-0.39, 0.29) is 6.01 Å². The molecule has 0 saturated heterocycles. The van der Waals surface area contributed by atoms with Gasteiger partial charge in [-0.15, -0.1) is 0 Å². The highest BCUT2D eigenvalue weighted by atomic mass is 16.5. The topological polar surface area (TPSA) is 92.2 Å². The van der Waals surface area contributed by atoms with Crippen LogP contribution in [0.4, 0.5) is 11.9 Å². The molecule has 0 aromatic carbocycles. The summed E-state index contributed by atoms with van der Waals surface area (Å²) >= 11 is 0. The van der Waals surface area contributed by atoms with Crippen LogP contribution in [-0.4, -0.2) is 46.4 Å². The van der Waals surface area contributed by atoms with E-state index >= 15 is 0 Å². The number of aliphatic hydroxyl groups excluding tert-OH is 1. The summed E-state index contributed by atoms with van der Waals surface area (Å²) in [6.07, 6.45) is 0.260. The average molecular weight is 241 g/mol. The number of rotatable bonds is 7. The molecule has 1 heterocycles. The van der Waals surface area contributed by atoms with Crippen molar-refractivity contribution in [2.45, 2.75) is 26.4 Å². The van der Waals surface area contributed by atoms with Gasteiger partial charge in [0.2, 0.25) is 11.9 Å². The van der Waals surface area contributed by atoms with Crippen LogP contribution in [0, 0.1) is 0 Å². The van der Waals surface area contributed by atoms with Crippen molar-refractivity contribution < 1.29 is 9.84 Å². The van der Waals surface area contributed by atoms with E-state index in [2.05, 4.69) is 25.6 Å². The van der Waals surface area contributed by atoms with Crippen LogP contribution in [0.1, 0.15) is 20.3 Å². The van der Waals surface area contributed by atoms with E-state index in [1.807, 2.05) is 13.8 Å². The zero-order chi connectivity index (χ0) is 12.7. The van der Waals surface area contributed by atoms with Crippen molar-refractivity contribution in [3.05, 3.63) is 0 Å². The van der Waals surface area contributed by atoms with E-state index in [9.17, 15) is 5.11 Å². The quantitative estimate of drug-likeness (QED) is 0.640. The third-order valence-corrected chi connectivity index (χ3v) is 2.08. The molecule has 3 N–H and O–H groups in total. The van der Waals surface area contributed by atoms with E-state index in [1.54, 1.807) is 7.05 Å². The number of hydrogen-bond donors (Lipinski definition) is 3. The second kappa shape index (κ2) is 6.85. The van der Waals surface area contributed by atoms with Gasteiger partial charge in [-0.1, -0.05) is 6.92 Å². The molecule has 1 aromatic heterocycles. The lowest BCUT2D eigenvalue weighted by molar-refractivity contribution is 0.183. The second-order valence-electron chi connectivity index (χ2n) is 3.39. The van der Waals surface area contributed by atoms with Gasteiger partial charge < -0.3 is 20.5 Å². The molecule has 0 bridgehead atoms. The minimum absolute atomic E-state index is 0.264. The van der Waals surface area contributed by atoms with Gasteiger partial charge in [-0.2, -0.15) is 15.0 Å². The van der Waals surface area contributed by atoms with Crippen LogP contribution in [0.5, 0.6) is 6.01 Å². The van der Waals surface area contributed by atoms with Crippen LogP contribution in [0.15, 0.2) is 0 Å². The Morgan fingerprint density at radius 3 is 2.53 bits per heavy atom. The van der Waals surface area contributed by atoms with Crippen LogP contribution in [0.3, 0.4) is 0 Å². The normalized spacial score (nSPS) is 12.0. The molecule has 0 amide bonds. The zero-order valence-electron chi connectivity index (χ0n) is 10.4. The Morgan fingerprint density at radius 1 is 1.24 bits per heavy atom. The predicted molar refractivity (Wildman–Crippen MR) is 65.3 cm³/mol. The number of nitrogens with one attached hydrogen (secondary N) is 2. The van der Waals surface area contributed by atoms with Crippen LogP contribution in [-0.2, 0) is 0 Å². The van der Waals surface area contributed by atoms with E-state index < -0.39 is 6.10 Å². The number of ether oxygens (including phenoxy) is 1. The lowest BCUT2D eigenvalue weighted by atomic mass is 10.3. The molecule has 1 atom stereocenters. The van der Waals surface area contributed by atoms with Crippen molar-refractivity contribution in [1.29, 1.82) is 0 Å². The SMILES string of the molecule is CCOc1nc(NC)nc(NCC(O)CC)n1. The number of aromatic nitrogens is 3. The van der Waals surface area contributed by atoms with Gasteiger partial charge in [0.15, 0.2) is 0 Å². The summed E-state index contributed by atoms with van der Waals surface area (Å²) in [5.74, 6) is 0.817. The first-order valence-corrected chi connectivity index (χ1v) is 5.68. The van der Waals surface area contributed by atoms with Crippen molar-refractivity contribution in [1.82, 2.24) is 15.0 Å². The Kier molecular flexibility index (Phi) is 5.41. The molecule has 0 radical (unpaired) electrons. The van der Waals surface area contributed by atoms with Gasteiger partial charge in [-0.05, 0) is 13.3 Å². The Labute approximate surface area is 101 Å². The minimum Gasteiger partial charge on any atom is -0.464 e. The monoisotopic (exact) mass is 241 g/mol. The van der Waals surface area contributed by atoms with E-state index in [4.69, 9.17) is 4.74 Å². The molecular formula is C10H19N5O2. The van der Waals surface area contributed by atoms with Gasteiger partial charge >= 0.3 is 6.01 Å². The van der Waals surface area contributed by atoms with Crippen LogP contribution >= 0.6 is 0 Å². The number of hydrogen-bond acceptors (Lipinski definition) is 7. The molecular weight excluding hydrogens is 222 g/mol. The highest BCUT2D eigenvalue weighted by Crippen LogP contribution is 2.10. The van der Waals surface area contributed by atoms with Gasteiger partial charge in [0.05, 0.1) is 12.7 Å². The van der Waals surface area contributed by atoms with Crippen LogP contribution in [0.2, 0.25) is 0 Å². The third kappa shape index (κ3) is 4.39. The Balaban J connectivity index is 2.72. The molecule has 1 aromatic rings. The van der Waals surface area contributed by atoms with Gasteiger partial charge in [0.25, 0.3) is 0 Å². The van der Waals surface area contributed by atoms with Crippen molar-refractivity contribution in [2.75, 3.05) is 30.8 Å². The van der Waals surface area contributed by atoms with Crippen molar-refractivity contribution >= 4 is 11.9 Å². The van der Waals surface area contributed by atoms with Gasteiger partial charge in [-0.25, -0.2) is 0 Å². The van der Waals surface area contributed by atoms with Gasteiger partial charge in [0, 0.05) is 13.6 Å². The molecule has 7 heteroatoms. The first-order chi connectivity index (χ1) is 8.19. The van der Waals surface area contributed by atoms with E-state index in [0.29, 0.717) is 31.5 Å².